The quantitative estimate of drug-likeness (QED) is 0.471. The number of benzene rings is 3. The Kier molecular flexibility index (Phi) is 7.02. The molecule has 8 heteroatoms. The molecule has 0 aromatic heterocycles. The molecular weight excluding hydrogens is 460 g/mol. The Bertz CT molecular complexity index is 1230. The Morgan fingerprint density at radius 1 is 0.917 bits per heavy atom. The van der Waals surface area contributed by atoms with Crippen molar-refractivity contribution in [1.29, 1.82) is 0 Å². The van der Waals surface area contributed by atoms with Gasteiger partial charge in [-0.15, -0.1) is 0 Å². The number of piperidine rings is 1. The van der Waals surface area contributed by atoms with Gasteiger partial charge in [0.15, 0.2) is 12.6 Å². The molecule has 5 rings (SSSR count). The zero-order valence-corrected chi connectivity index (χ0v) is 19.9. The number of carbonyl (C=O) groups excluding carboxylic acids is 3. The number of likely N-dealkylation sites (tertiary alicyclic amines) is 1. The lowest BCUT2D eigenvalue weighted by molar-refractivity contribution is -0.150. The number of rotatable bonds is 7. The van der Waals surface area contributed by atoms with E-state index >= 15 is 0 Å². The van der Waals surface area contributed by atoms with Crippen LogP contribution in [0.15, 0.2) is 72.8 Å². The highest BCUT2D eigenvalue weighted by atomic mass is 16.6. The first-order chi connectivity index (χ1) is 17.6. The van der Waals surface area contributed by atoms with Gasteiger partial charge in [-0.3, -0.25) is 9.69 Å². The normalized spacial score (nSPS) is 18.2. The van der Waals surface area contributed by atoms with Crippen LogP contribution in [0.5, 0.6) is 5.75 Å². The molecule has 3 aromatic carbocycles. The lowest BCUT2D eigenvalue weighted by Crippen LogP contribution is -2.52. The van der Waals surface area contributed by atoms with Crippen molar-refractivity contribution in [1.82, 2.24) is 9.80 Å². The molecule has 0 unspecified atom stereocenters. The Hall–Kier alpha value is -4.07. The van der Waals surface area contributed by atoms with Gasteiger partial charge in [-0.1, -0.05) is 66.7 Å². The summed E-state index contributed by atoms with van der Waals surface area (Å²) in [6, 6.07) is 22.1. The van der Waals surface area contributed by atoms with Gasteiger partial charge < -0.3 is 19.1 Å². The van der Waals surface area contributed by atoms with Crippen molar-refractivity contribution in [3.8, 4) is 5.75 Å². The van der Waals surface area contributed by atoms with Gasteiger partial charge in [0.25, 0.3) is 5.91 Å². The Balaban J connectivity index is 1.14. The van der Waals surface area contributed by atoms with E-state index in [4.69, 9.17) is 14.2 Å². The third-order valence-electron chi connectivity index (χ3n) is 6.72. The van der Waals surface area contributed by atoms with E-state index in [1.165, 1.54) is 4.90 Å². The fourth-order valence-electron chi connectivity index (χ4n) is 4.79. The standard InChI is InChI=1S/C28H28N2O6/c31-26(19-34-25-12-6-10-21-9-4-5-11-23(21)25)29-15-13-22(14-16-29)30-24(18-36-28(30)33)27(32)35-17-20-7-2-1-3-8-20/h1-12,22,24H,13-19H2/t24-/m0/s1. The van der Waals surface area contributed by atoms with Crippen molar-refractivity contribution < 1.29 is 28.6 Å². The van der Waals surface area contributed by atoms with Crippen molar-refractivity contribution in [2.24, 2.45) is 0 Å². The van der Waals surface area contributed by atoms with E-state index in [0.29, 0.717) is 31.7 Å². The van der Waals surface area contributed by atoms with E-state index in [1.54, 1.807) is 4.90 Å². The molecule has 2 aliphatic heterocycles. The second-order valence-electron chi connectivity index (χ2n) is 8.97. The van der Waals surface area contributed by atoms with Gasteiger partial charge in [0.05, 0.1) is 0 Å². The third kappa shape index (κ3) is 5.12. The maximum absolute atomic E-state index is 12.8. The molecule has 3 aromatic rings. The summed E-state index contributed by atoms with van der Waals surface area (Å²) in [5.41, 5.74) is 0.875. The van der Waals surface area contributed by atoms with Crippen LogP contribution in [0.2, 0.25) is 0 Å². The number of hydrogen-bond acceptors (Lipinski definition) is 6. The third-order valence-corrected chi connectivity index (χ3v) is 6.72. The summed E-state index contributed by atoms with van der Waals surface area (Å²) in [5.74, 6) is 0.0869. The van der Waals surface area contributed by atoms with E-state index in [0.717, 1.165) is 16.3 Å². The lowest BCUT2D eigenvalue weighted by atomic mass is 10.0. The zero-order valence-electron chi connectivity index (χ0n) is 19.9. The molecule has 2 saturated heterocycles. The average Bonchev–Trinajstić information content (AvgIpc) is 3.32. The van der Waals surface area contributed by atoms with Gasteiger partial charge in [-0.2, -0.15) is 0 Å². The van der Waals surface area contributed by atoms with Crippen LogP contribution in [0.4, 0.5) is 4.79 Å². The van der Waals surface area contributed by atoms with Crippen LogP contribution in [0, 0.1) is 0 Å². The molecule has 0 N–H and O–H groups in total. The van der Waals surface area contributed by atoms with Gasteiger partial charge in [-0.25, -0.2) is 9.59 Å². The highest BCUT2D eigenvalue weighted by molar-refractivity contribution is 5.89. The van der Waals surface area contributed by atoms with E-state index in [1.807, 2.05) is 72.8 Å². The van der Waals surface area contributed by atoms with Gasteiger partial charge >= 0.3 is 12.1 Å². The lowest BCUT2D eigenvalue weighted by Gasteiger charge is -2.37. The minimum atomic E-state index is -0.775. The molecule has 0 saturated carbocycles. The van der Waals surface area contributed by atoms with Crippen LogP contribution in [0.1, 0.15) is 18.4 Å². The minimum Gasteiger partial charge on any atom is -0.483 e. The summed E-state index contributed by atoms with van der Waals surface area (Å²) in [5, 5.41) is 2.02. The van der Waals surface area contributed by atoms with Crippen molar-refractivity contribution >= 4 is 28.7 Å². The molecule has 0 spiro atoms. The number of fused-ring (bicyclic) bond motifs is 1. The number of nitrogens with zero attached hydrogens (tertiary/aromatic N) is 2. The van der Waals surface area contributed by atoms with E-state index in [2.05, 4.69) is 0 Å². The Morgan fingerprint density at radius 3 is 2.44 bits per heavy atom. The van der Waals surface area contributed by atoms with Gasteiger partial charge in [0, 0.05) is 24.5 Å². The molecule has 0 aliphatic carbocycles. The predicted octanol–water partition coefficient (Wildman–Crippen LogP) is 3.77. The van der Waals surface area contributed by atoms with Crippen LogP contribution in [0.3, 0.4) is 0 Å². The molecule has 0 radical (unpaired) electrons. The number of ether oxygens (including phenoxy) is 3. The van der Waals surface area contributed by atoms with Crippen LogP contribution < -0.4 is 4.74 Å². The summed E-state index contributed by atoms with van der Waals surface area (Å²) in [6.07, 6.45) is 0.593. The highest BCUT2D eigenvalue weighted by Crippen LogP contribution is 2.27. The number of esters is 1. The minimum absolute atomic E-state index is 0.0233. The summed E-state index contributed by atoms with van der Waals surface area (Å²) in [4.78, 5) is 41.2. The van der Waals surface area contributed by atoms with Gasteiger partial charge in [-0.05, 0) is 29.9 Å². The van der Waals surface area contributed by atoms with Crippen LogP contribution in [0.25, 0.3) is 10.8 Å². The fourth-order valence-corrected chi connectivity index (χ4v) is 4.79. The molecular formula is C28H28N2O6. The molecule has 0 bridgehead atoms. The van der Waals surface area contributed by atoms with Gasteiger partial charge in [0.2, 0.25) is 0 Å². The first kappa shape index (κ1) is 23.7. The summed E-state index contributed by atoms with van der Waals surface area (Å²) >= 11 is 0. The number of hydrogen-bond donors (Lipinski definition) is 0. The predicted molar refractivity (Wildman–Crippen MR) is 132 cm³/mol. The number of cyclic esters (lactones) is 1. The second-order valence-corrected chi connectivity index (χ2v) is 8.97. The van der Waals surface area contributed by atoms with Crippen molar-refractivity contribution in [2.75, 3.05) is 26.3 Å². The largest absolute Gasteiger partial charge is 0.483 e. The van der Waals surface area contributed by atoms with Crippen LogP contribution >= 0.6 is 0 Å². The van der Waals surface area contributed by atoms with E-state index in [9.17, 15) is 14.4 Å². The number of amides is 2. The Labute approximate surface area is 209 Å². The molecule has 2 aliphatic rings. The first-order valence-corrected chi connectivity index (χ1v) is 12.1. The molecule has 36 heavy (non-hydrogen) atoms. The van der Waals surface area contributed by atoms with Crippen LogP contribution in [-0.4, -0.2) is 66.2 Å². The highest BCUT2D eigenvalue weighted by Gasteiger charge is 2.44. The second kappa shape index (κ2) is 10.7. The zero-order chi connectivity index (χ0) is 24.9. The van der Waals surface area contributed by atoms with Crippen LogP contribution in [-0.2, 0) is 25.7 Å². The maximum Gasteiger partial charge on any atom is 0.410 e. The fraction of sp³-hybridized carbons (Fsp3) is 0.321. The summed E-state index contributed by atoms with van der Waals surface area (Å²) in [7, 11) is 0. The molecule has 8 nitrogen and oxygen atoms in total. The van der Waals surface area contributed by atoms with Gasteiger partial charge in [0.1, 0.15) is 19.0 Å². The molecule has 2 heterocycles. The topological polar surface area (TPSA) is 85.4 Å². The molecule has 186 valence electrons. The maximum atomic E-state index is 12.8. The number of carbonyl (C=O) groups is 3. The average molecular weight is 489 g/mol. The first-order valence-electron chi connectivity index (χ1n) is 12.1. The van der Waals surface area contributed by atoms with Crippen molar-refractivity contribution in [3.05, 3.63) is 78.4 Å². The van der Waals surface area contributed by atoms with E-state index < -0.39 is 18.1 Å². The SMILES string of the molecule is O=C(OCc1ccccc1)[C@@H]1COC(=O)N1C1CCN(C(=O)COc2cccc3ccccc23)CC1. The van der Waals surface area contributed by atoms with Crippen molar-refractivity contribution in [3.63, 3.8) is 0 Å². The van der Waals surface area contributed by atoms with Crippen molar-refractivity contribution in [2.45, 2.75) is 31.5 Å². The summed E-state index contributed by atoms with van der Waals surface area (Å²) < 4.78 is 16.5. The smallest absolute Gasteiger partial charge is 0.410 e. The molecule has 2 amide bonds. The summed E-state index contributed by atoms with van der Waals surface area (Å²) in [6.45, 7) is 1.00. The van der Waals surface area contributed by atoms with E-state index in [-0.39, 0.29) is 31.8 Å². The molecule has 1 atom stereocenters. The Morgan fingerprint density at radius 2 is 1.64 bits per heavy atom. The monoisotopic (exact) mass is 488 g/mol. The molecule has 2 fully saturated rings.